The van der Waals surface area contributed by atoms with Crippen LogP contribution in [0, 0.1) is 0 Å². The number of fused-ring (bicyclic) bond motifs is 3. The molecule has 0 aliphatic carbocycles. The lowest BCUT2D eigenvalue weighted by atomic mass is 10.0. The van der Waals surface area contributed by atoms with E-state index in [1.165, 1.54) is 0 Å². The van der Waals surface area contributed by atoms with Crippen LogP contribution >= 0.6 is 34.8 Å². The normalized spacial score (nSPS) is 16.0. The van der Waals surface area contributed by atoms with E-state index in [0.717, 1.165) is 28.4 Å². The Labute approximate surface area is 160 Å². The molecule has 0 bridgehead atoms. The van der Waals surface area contributed by atoms with Crippen molar-refractivity contribution >= 4 is 40.5 Å². The molecule has 0 saturated carbocycles. The summed E-state index contributed by atoms with van der Waals surface area (Å²) in [7, 11) is 0. The Morgan fingerprint density at radius 1 is 1.04 bits per heavy atom. The summed E-state index contributed by atoms with van der Waals surface area (Å²) in [5.41, 5.74) is 3.40. The topological polar surface area (TPSA) is 43.1 Å². The lowest BCUT2D eigenvalue weighted by Gasteiger charge is -2.14. The monoisotopic (exact) mass is 390 g/mol. The molecule has 0 fully saturated rings. The number of hydrogen-bond donors (Lipinski definition) is 0. The number of halogens is 3. The van der Waals surface area contributed by atoms with Gasteiger partial charge in [-0.3, -0.25) is 9.56 Å². The first kappa shape index (κ1) is 16.6. The van der Waals surface area contributed by atoms with Gasteiger partial charge in [-0.1, -0.05) is 41.4 Å². The van der Waals surface area contributed by atoms with Gasteiger partial charge in [0.1, 0.15) is 6.04 Å². The maximum absolute atomic E-state index is 6.44. The molecule has 0 saturated heterocycles. The van der Waals surface area contributed by atoms with Gasteiger partial charge in [0.2, 0.25) is 0 Å². The molecule has 4 rings (SSSR count). The quantitative estimate of drug-likeness (QED) is 0.562. The van der Waals surface area contributed by atoms with E-state index in [0.29, 0.717) is 15.9 Å². The van der Waals surface area contributed by atoms with Crippen LogP contribution in [0.1, 0.15) is 35.7 Å². The van der Waals surface area contributed by atoms with Crippen molar-refractivity contribution in [2.45, 2.75) is 18.8 Å². The molecule has 4 nitrogen and oxygen atoms in total. The van der Waals surface area contributed by atoms with Gasteiger partial charge in [0.15, 0.2) is 11.6 Å². The molecule has 0 N–H and O–H groups in total. The van der Waals surface area contributed by atoms with Crippen molar-refractivity contribution < 1.29 is 0 Å². The Balaban J connectivity index is 2.06. The molecular formula is C18H13Cl3N4. The van der Waals surface area contributed by atoms with Gasteiger partial charge in [0, 0.05) is 21.2 Å². The third-order valence-electron chi connectivity index (χ3n) is 4.15. The molecular weight excluding hydrogens is 379 g/mol. The van der Waals surface area contributed by atoms with Gasteiger partial charge in [-0.25, -0.2) is 0 Å². The first-order chi connectivity index (χ1) is 12.1. The average Bonchev–Trinajstić information content (AvgIpc) is 2.99. The highest BCUT2D eigenvalue weighted by Gasteiger charge is 2.27. The van der Waals surface area contributed by atoms with E-state index in [1.807, 2.05) is 54.0 Å². The predicted molar refractivity (Wildman–Crippen MR) is 101 cm³/mol. The van der Waals surface area contributed by atoms with Gasteiger partial charge in [-0.05, 0) is 31.2 Å². The molecule has 1 atom stereocenters. The van der Waals surface area contributed by atoms with Crippen LogP contribution < -0.4 is 0 Å². The van der Waals surface area contributed by atoms with Crippen LogP contribution in [0.5, 0.6) is 0 Å². The molecule has 0 spiro atoms. The summed E-state index contributed by atoms with van der Waals surface area (Å²) in [5, 5.41) is 9.75. The lowest BCUT2D eigenvalue weighted by molar-refractivity contribution is 0.721. The fourth-order valence-electron chi connectivity index (χ4n) is 3.03. The van der Waals surface area contributed by atoms with Gasteiger partial charge in [0.25, 0.3) is 0 Å². The van der Waals surface area contributed by atoms with Crippen LogP contribution in [0.3, 0.4) is 0 Å². The third-order valence-corrected chi connectivity index (χ3v) is 4.96. The Kier molecular flexibility index (Phi) is 4.28. The Bertz CT molecular complexity index is 994. The summed E-state index contributed by atoms with van der Waals surface area (Å²) in [4.78, 5) is 4.89. The number of aromatic nitrogens is 3. The van der Waals surface area contributed by atoms with E-state index in [1.54, 1.807) is 0 Å². The van der Waals surface area contributed by atoms with Crippen molar-refractivity contribution in [3.8, 4) is 5.69 Å². The fourth-order valence-corrected chi connectivity index (χ4v) is 3.60. The second-order valence-corrected chi connectivity index (χ2v) is 6.85. The van der Waals surface area contributed by atoms with Gasteiger partial charge in [-0.2, -0.15) is 0 Å². The molecule has 1 unspecified atom stereocenters. The largest absolute Gasteiger partial charge is 0.279 e. The number of hydrogen-bond acceptors (Lipinski definition) is 3. The Morgan fingerprint density at radius 3 is 2.60 bits per heavy atom. The van der Waals surface area contributed by atoms with Crippen molar-refractivity contribution in [3.63, 3.8) is 0 Å². The van der Waals surface area contributed by atoms with E-state index in [9.17, 15) is 0 Å². The summed E-state index contributed by atoms with van der Waals surface area (Å²) in [6.45, 7) is 1.98. The minimum Gasteiger partial charge on any atom is -0.279 e. The molecule has 2 heterocycles. The second-order valence-electron chi connectivity index (χ2n) is 5.74. The molecule has 7 heteroatoms. The zero-order valence-corrected chi connectivity index (χ0v) is 15.5. The molecule has 126 valence electrons. The highest BCUT2D eigenvalue weighted by atomic mass is 35.5. The van der Waals surface area contributed by atoms with Gasteiger partial charge in [-0.15, -0.1) is 21.8 Å². The minimum absolute atomic E-state index is 0.207. The van der Waals surface area contributed by atoms with Crippen LogP contribution in [0.15, 0.2) is 47.5 Å². The highest BCUT2D eigenvalue weighted by molar-refractivity contribution is 6.36. The summed E-state index contributed by atoms with van der Waals surface area (Å²) >= 11 is 18.8. The minimum atomic E-state index is -0.207. The molecule has 0 amide bonds. The maximum Gasteiger partial charge on any atom is 0.162 e. The first-order valence-electron chi connectivity index (χ1n) is 7.73. The van der Waals surface area contributed by atoms with E-state index in [-0.39, 0.29) is 11.9 Å². The van der Waals surface area contributed by atoms with Crippen molar-refractivity contribution in [3.05, 3.63) is 75.3 Å². The molecule has 1 aliphatic heterocycles. The summed E-state index contributed by atoms with van der Waals surface area (Å²) in [6, 6.07) is 13.1. The van der Waals surface area contributed by atoms with E-state index in [4.69, 9.17) is 39.8 Å². The first-order valence-corrected chi connectivity index (χ1v) is 9.02. The zero-order chi connectivity index (χ0) is 17.6. The smallest absolute Gasteiger partial charge is 0.162 e. The van der Waals surface area contributed by atoms with Gasteiger partial charge >= 0.3 is 0 Å². The summed E-state index contributed by atoms with van der Waals surface area (Å²) < 4.78 is 1.96. The molecule has 1 aliphatic rings. The fraction of sp³-hybridized carbons (Fsp3) is 0.167. The number of nitrogens with zero attached hydrogens (tertiary/aromatic N) is 4. The van der Waals surface area contributed by atoms with E-state index < -0.39 is 0 Å². The molecule has 25 heavy (non-hydrogen) atoms. The molecule has 3 aromatic rings. The summed E-state index contributed by atoms with van der Waals surface area (Å²) in [6.07, 6.45) is 0. The van der Waals surface area contributed by atoms with Crippen LogP contribution in [0.2, 0.25) is 10.0 Å². The van der Waals surface area contributed by atoms with Crippen molar-refractivity contribution in [1.29, 1.82) is 0 Å². The van der Waals surface area contributed by atoms with E-state index in [2.05, 4.69) is 10.2 Å². The lowest BCUT2D eigenvalue weighted by Crippen LogP contribution is -2.09. The van der Waals surface area contributed by atoms with E-state index >= 15 is 0 Å². The zero-order valence-electron chi connectivity index (χ0n) is 13.2. The number of benzene rings is 2. The number of alkyl halides is 1. The second kappa shape index (κ2) is 6.45. The maximum atomic E-state index is 6.44. The van der Waals surface area contributed by atoms with Crippen molar-refractivity contribution in [1.82, 2.24) is 14.8 Å². The number of aliphatic imine (C=N–C) groups is 1. The van der Waals surface area contributed by atoms with Crippen LogP contribution in [0.25, 0.3) is 5.69 Å². The van der Waals surface area contributed by atoms with Crippen LogP contribution in [-0.2, 0) is 5.88 Å². The predicted octanol–water partition coefficient (Wildman–Crippen LogP) is 5.22. The van der Waals surface area contributed by atoms with Crippen molar-refractivity contribution in [2.75, 3.05) is 0 Å². The molecule has 2 aromatic carbocycles. The highest BCUT2D eigenvalue weighted by Crippen LogP contribution is 2.33. The Hall–Kier alpha value is -1.88. The Morgan fingerprint density at radius 2 is 1.84 bits per heavy atom. The average molecular weight is 392 g/mol. The summed E-state index contributed by atoms with van der Waals surface area (Å²) in [5.74, 6) is 1.66. The SMILES string of the molecule is CC1N=C(c2ccccc2Cl)c2cc(Cl)ccc2-n2c(CCl)nnc21. The van der Waals surface area contributed by atoms with Gasteiger partial charge in [0.05, 0.1) is 17.3 Å². The molecule has 0 radical (unpaired) electrons. The third kappa shape index (κ3) is 2.74. The van der Waals surface area contributed by atoms with Crippen LogP contribution in [0.4, 0.5) is 0 Å². The standard InChI is InChI=1S/C18H13Cl3N4/c1-10-18-24-23-16(9-19)25(18)15-7-6-11(20)8-13(15)17(22-10)12-4-2-3-5-14(12)21/h2-8,10H,9H2,1H3. The van der Waals surface area contributed by atoms with Gasteiger partial charge < -0.3 is 0 Å². The number of rotatable bonds is 2. The molecule has 1 aromatic heterocycles. The van der Waals surface area contributed by atoms with Crippen molar-refractivity contribution in [2.24, 2.45) is 4.99 Å². The van der Waals surface area contributed by atoms with Crippen LogP contribution in [-0.4, -0.2) is 20.5 Å².